The van der Waals surface area contributed by atoms with E-state index in [2.05, 4.69) is 30.8 Å². The highest BCUT2D eigenvalue weighted by Crippen LogP contribution is 2.53. The Morgan fingerprint density at radius 3 is 2.50 bits per heavy atom. The first kappa shape index (κ1) is 15.3. The number of carbonyl (C=O) groups excluding carboxylic acids is 1. The SMILES string of the molecule is COc1ccccc1C1(C(=O)N2C[C@H](C)[C@@H](N(C)C)C2)CC1. The fourth-order valence-corrected chi connectivity index (χ4v) is 3.85. The highest BCUT2D eigenvalue weighted by molar-refractivity contribution is 5.92. The number of hydrogen-bond acceptors (Lipinski definition) is 3. The third-order valence-electron chi connectivity index (χ3n) is 5.31. The number of carbonyl (C=O) groups is 1. The molecular weight excluding hydrogens is 276 g/mol. The largest absolute Gasteiger partial charge is 0.496 e. The summed E-state index contributed by atoms with van der Waals surface area (Å²) < 4.78 is 5.49. The Morgan fingerprint density at radius 1 is 1.27 bits per heavy atom. The minimum absolute atomic E-state index is 0.285. The maximum absolute atomic E-state index is 13.2. The van der Waals surface area contributed by atoms with Crippen LogP contribution in [0.1, 0.15) is 25.3 Å². The molecule has 2 fully saturated rings. The molecule has 1 saturated heterocycles. The molecule has 3 rings (SSSR count). The highest BCUT2D eigenvalue weighted by Gasteiger charge is 2.55. The molecule has 0 spiro atoms. The van der Waals surface area contributed by atoms with Crippen LogP contribution in [0.3, 0.4) is 0 Å². The molecule has 120 valence electrons. The number of nitrogens with zero attached hydrogens (tertiary/aromatic N) is 2. The molecule has 1 aromatic carbocycles. The van der Waals surface area contributed by atoms with Crippen LogP contribution in [0, 0.1) is 5.92 Å². The lowest BCUT2D eigenvalue weighted by atomic mass is 9.93. The molecule has 1 aliphatic heterocycles. The van der Waals surface area contributed by atoms with Gasteiger partial charge in [-0.3, -0.25) is 4.79 Å². The number of ether oxygens (including phenoxy) is 1. The van der Waals surface area contributed by atoms with Crippen LogP contribution in [-0.2, 0) is 10.2 Å². The van der Waals surface area contributed by atoms with E-state index in [9.17, 15) is 4.79 Å². The van der Waals surface area contributed by atoms with Gasteiger partial charge in [0.15, 0.2) is 0 Å². The van der Waals surface area contributed by atoms with Crippen molar-refractivity contribution >= 4 is 5.91 Å². The Morgan fingerprint density at radius 2 is 1.95 bits per heavy atom. The van der Waals surface area contributed by atoms with Gasteiger partial charge < -0.3 is 14.5 Å². The van der Waals surface area contributed by atoms with Crippen molar-refractivity contribution in [1.29, 1.82) is 0 Å². The third-order valence-corrected chi connectivity index (χ3v) is 5.31. The average Bonchev–Trinajstić information content (AvgIpc) is 3.23. The fraction of sp³-hybridized carbons (Fsp3) is 0.611. The van der Waals surface area contributed by atoms with Crippen LogP contribution in [0.25, 0.3) is 0 Å². The van der Waals surface area contributed by atoms with E-state index in [0.29, 0.717) is 12.0 Å². The van der Waals surface area contributed by atoms with Gasteiger partial charge in [-0.15, -0.1) is 0 Å². The van der Waals surface area contributed by atoms with Crippen LogP contribution in [0.5, 0.6) is 5.75 Å². The summed E-state index contributed by atoms with van der Waals surface area (Å²) in [7, 11) is 5.88. The van der Waals surface area contributed by atoms with Gasteiger partial charge in [-0.05, 0) is 38.9 Å². The van der Waals surface area contributed by atoms with Crippen molar-refractivity contribution in [2.45, 2.75) is 31.2 Å². The van der Waals surface area contributed by atoms with Crippen molar-refractivity contribution in [3.63, 3.8) is 0 Å². The van der Waals surface area contributed by atoms with Gasteiger partial charge in [-0.25, -0.2) is 0 Å². The van der Waals surface area contributed by atoms with Crippen LogP contribution in [0.4, 0.5) is 0 Å². The Balaban J connectivity index is 1.83. The molecule has 0 bridgehead atoms. The van der Waals surface area contributed by atoms with Crippen LogP contribution >= 0.6 is 0 Å². The van der Waals surface area contributed by atoms with E-state index in [1.165, 1.54) is 0 Å². The summed E-state index contributed by atoms with van der Waals surface area (Å²) in [5, 5.41) is 0. The van der Waals surface area contributed by atoms with Crippen molar-refractivity contribution < 1.29 is 9.53 Å². The molecule has 4 heteroatoms. The molecule has 0 radical (unpaired) electrons. The first-order chi connectivity index (χ1) is 10.5. The molecule has 22 heavy (non-hydrogen) atoms. The summed E-state index contributed by atoms with van der Waals surface area (Å²) in [5.41, 5.74) is 0.719. The van der Waals surface area contributed by atoms with Crippen molar-refractivity contribution in [3.05, 3.63) is 29.8 Å². The number of methoxy groups -OCH3 is 1. The molecule has 1 aromatic rings. The van der Waals surface area contributed by atoms with Crippen LogP contribution in [0.2, 0.25) is 0 Å². The molecule has 2 atom stereocenters. The van der Waals surface area contributed by atoms with E-state index in [-0.39, 0.29) is 11.3 Å². The minimum Gasteiger partial charge on any atom is -0.496 e. The summed E-state index contributed by atoms with van der Waals surface area (Å²) in [5.74, 6) is 1.64. The first-order valence-corrected chi connectivity index (χ1v) is 8.09. The summed E-state index contributed by atoms with van der Waals surface area (Å²) in [6.45, 7) is 3.93. The first-order valence-electron chi connectivity index (χ1n) is 8.09. The van der Waals surface area contributed by atoms with E-state index in [1.54, 1.807) is 7.11 Å². The number of hydrogen-bond donors (Lipinski definition) is 0. The summed E-state index contributed by atoms with van der Waals surface area (Å²) >= 11 is 0. The normalized spacial score (nSPS) is 26.3. The van der Waals surface area contributed by atoms with Gasteiger partial charge in [0.25, 0.3) is 0 Å². The zero-order valence-corrected chi connectivity index (χ0v) is 14.0. The maximum atomic E-state index is 13.2. The quantitative estimate of drug-likeness (QED) is 0.854. The zero-order chi connectivity index (χ0) is 15.9. The topological polar surface area (TPSA) is 32.8 Å². The summed E-state index contributed by atoms with van der Waals surface area (Å²) in [6, 6.07) is 8.42. The number of likely N-dealkylation sites (N-methyl/N-ethyl adjacent to an activating group) is 1. The number of benzene rings is 1. The van der Waals surface area contributed by atoms with Gasteiger partial charge in [0, 0.05) is 24.7 Å². The number of rotatable bonds is 4. The molecule has 0 unspecified atom stereocenters. The monoisotopic (exact) mass is 302 g/mol. The second-order valence-electron chi connectivity index (χ2n) is 7.00. The standard InChI is InChI=1S/C18H26N2O2/c1-13-11-20(12-15(13)19(2)3)17(21)18(9-10-18)14-7-5-6-8-16(14)22-4/h5-8,13,15H,9-12H2,1-4H3/t13-,15-/m0/s1. The van der Waals surface area contributed by atoms with Gasteiger partial charge in [0.1, 0.15) is 5.75 Å². The lowest BCUT2D eigenvalue weighted by molar-refractivity contribution is -0.133. The molecule has 4 nitrogen and oxygen atoms in total. The lowest BCUT2D eigenvalue weighted by Gasteiger charge is -2.26. The van der Waals surface area contributed by atoms with Gasteiger partial charge in [0.2, 0.25) is 5.91 Å². The Labute approximate surface area is 133 Å². The van der Waals surface area contributed by atoms with Gasteiger partial charge in [-0.1, -0.05) is 25.1 Å². The average molecular weight is 302 g/mol. The number of likely N-dealkylation sites (tertiary alicyclic amines) is 1. The molecule has 1 aliphatic carbocycles. The smallest absolute Gasteiger partial charge is 0.233 e. The fourth-order valence-electron chi connectivity index (χ4n) is 3.85. The van der Waals surface area contributed by atoms with E-state index < -0.39 is 0 Å². The number of amides is 1. The summed E-state index contributed by atoms with van der Waals surface area (Å²) in [4.78, 5) is 17.5. The Hall–Kier alpha value is -1.55. The maximum Gasteiger partial charge on any atom is 0.233 e. The Kier molecular flexibility index (Phi) is 3.89. The third kappa shape index (κ3) is 2.39. The summed E-state index contributed by atoms with van der Waals surface area (Å²) in [6.07, 6.45) is 1.87. The van der Waals surface area contributed by atoms with E-state index >= 15 is 0 Å². The second-order valence-corrected chi connectivity index (χ2v) is 7.00. The van der Waals surface area contributed by atoms with Gasteiger partial charge in [0.05, 0.1) is 12.5 Å². The Bertz CT molecular complexity index is 566. The van der Waals surface area contributed by atoms with Crippen molar-refractivity contribution in [2.24, 2.45) is 5.92 Å². The molecule has 1 amide bonds. The van der Waals surface area contributed by atoms with Crippen molar-refractivity contribution in [2.75, 3.05) is 34.3 Å². The minimum atomic E-state index is -0.340. The van der Waals surface area contributed by atoms with Crippen LogP contribution < -0.4 is 4.74 Å². The lowest BCUT2D eigenvalue weighted by Crippen LogP contribution is -2.40. The molecule has 1 saturated carbocycles. The van der Waals surface area contributed by atoms with E-state index in [4.69, 9.17) is 4.74 Å². The van der Waals surface area contributed by atoms with Gasteiger partial charge in [-0.2, -0.15) is 0 Å². The number of para-hydroxylation sites is 1. The highest BCUT2D eigenvalue weighted by atomic mass is 16.5. The van der Waals surface area contributed by atoms with Crippen molar-refractivity contribution in [3.8, 4) is 5.75 Å². The molecule has 1 heterocycles. The predicted octanol–water partition coefficient (Wildman–Crippen LogP) is 2.14. The van der Waals surface area contributed by atoms with Crippen LogP contribution in [-0.4, -0.2) is 56.0 Å². The van der Waals surface area contributed by atoms with Crippen LogP contribution in [0.15, 0.2) is 24.3 Å². The molecule has 0 aromatic heterocycles. The van der Waals surface area contributed by atoms with E-state index in [1.807, 2.05) is 24.3 Å². The van der Waals surface area contributed by atoms with E-state index in [0.717, 1.165) is 37.2 Å². The van der Waals surface area contributed by atoms with Crippen molar-refractivity contribution in [1.82, 2.24) is 9.80 Å². The zero-order valence-electron chi connectivity index (χ0n) is 14.0. The molecule has 0 N–H and O–H groups in total. The second kappa shape index (κ2) is 5.58. The molecular formula is C18H26N2O2. The predicted molar refractivity (Wildman–Crippen MR) is 87.1 cm³/mol. The van der Waals surface area contributed by atoms with Gasteiger partial charge >= 0.3 is 0 Å². The molecule has 2 aliphatic rings.